The van der Waals surface area contributed by atoms with Crippen molar-refractivity contribution in [2.24, 2.45) is 10.9 Å². The summed E-state index contributed by atoms with van der Waals surface area (Å²) in [6, 6.07) is 6.72. The molecule has 0 amide bonds. The van der Waals surface area contributed by atoms with Gasteiger partial charge >= 0.3 is 5.97 Å². The van der Waals surface area contributed by atoms with Crippen LogP contribution in [0.5, 0.6) is 0 Å². The summed E-state index contributed by atoms with van der Waals surface area (Å²) in [5.41, 5.74) is 1.01. The van der Waals surface area contributed by atoms with Gasteiger partial charge < -0.3 is 15.0 Å². The molecule has 1 aromatic carbocycles. The molecular weight excluding hydrogens is 380 g/mol. The Bertz CT molecular complexity index is 778. The van der Waals surface area contributed by atoms with Crippen molar-refractivity contribution in [2.75, 3.05) is 39.8 Å². The molecule has 1 atom stereocenters. The molecule has 0 aliphatic carbocycles. The van der Waals surface area contributed by atoms with Crippen LogP contribution in [0.3, 0.4) is 0 Å². The second-order valence-electron chi connectivity index (χ2n) is 6.72. The van der Waals surface area contributed by atoms with Crippen molar-refractivity contribution in [1.82, 2.24) is 14.9 Å². The van der Waals surface area contributed by atoms with Crippen LogP contribution in [0.4, 0.5) is 0 Å². The average molecular weight is 411 g/mol. The van der Waals surface area contributed by atoms with Gasteiger partial charge in [-0.15, -0.1) is 0 Å². The van der Waals surface area contributed by atoms with Crippen molar-refractivity contribution in [1.29, 1.82) is 0 Å². The number of piperidine rings is 1. The monoisotopic (exact) mass is 410 g/mol. The lowest BCUT2D eigenvalue weighted by Crippen LogP contribution is -2.49. The summed E-state index contributed by atoms with van der Waals surface area (Å²) < 4.78 is 32.3. The molecule has 0 spiro atoms. The van der Waals surface area contributed by atoms with Gasteiger partial charge in [0.25, 0.3) is 0 Å². The number of likely N-dealkylation sites (tertiary alicyclic amines) is 1. The van der Waals surface area contributed by atoms with Gasteiger partial charge in [0.05, 0.1) is 17.4 Å². The predicted octanol–water partition coefficient (Wildman–Crippen LogP) is 1.12. The zero-order valence-corrected chi connectivity index (χ0v) is 17.6. The summed E-state index contributed by atoms with van der Waals surface area (Å²) in [5.74, 6) is 0.323. The van der Waals surface area contributed by atoms with Crippen LogP contribution in [0.2, 0.25) is 0 Å². The van der Waals surface area contributed by atoms with Gasteiger partial charge in [0.1, 0.15) is 0 Å². The Morgan fingerprint density at radius 3 is 2.64 bits per heavy atom. The molecule has 1 aromatic rings. The third kappa shape index (κ3) is 6.20. The summed E-state index contributed by atoms with van der Waals surface area (Å²) in [5, 5.41) is 3.16. The standard InChI is InChI=1S/C19H30N4O4S/c1-4-27-18(24)16-6-5-13-23(14-16)19(20-3)21-11-12-22-28(25,26)17-9-7-15(2)8-10-17/h7-10,16,22H,4-6,11-14H2,1-3H3,(H,20,21). The van der Waals surface area contributed by atoms with Gasteiger partial charge in [-0.25, -0.2) is 13.1 Å². The highest BCUT2D eigenvalue weighted by atomic mass is 32.2. The fourth-order valence-electron chi connectivity index (χ4n) is 3.11. The largest absolute Gasteiger partial charge is 0.466 e. The van der Waals surface area contributed by atoms with E-state index >= 15 is 0 Å². The molecule has 28 heavy (non-hydrogen) atoms. The smallest absolute Gasteiger partial charge is 0.310 e. The van der Waals surface area contributed by atoms with E-state index < -0.39 is 10.0 Å². The maximum Gasteiger partial charge on any atom is 0.310 e. The SMILES string of the molecule is CCOC(=O)C1CCCN(C(=NC)NCCNS(=O)(=O)c2ccc(C)cc2)C1. The van der Waals surface area contributed by atoms with Crippen molar-refractivity contribution in [3.63, 3.8) is 0 Å². The van der Waals surface area contributed by atoms with Crippen molar-refractivity contribution in [3.8, 4) is 0 Å². The van der Waals surface area contributed by atoms with Crippen LogP contribution >= 0.6 is 0 Å². The minimum absolute atomic E-state index is 0.160. The molecule has 1 saturated heterocycles. The van der Waals surface area contributed by atoms with Crippen molar-refractivity contribution in [2.45, 2.75) is 31.6 Å². The number of guanidine groups is 1. The minimum Gasteiger partial charge on any atom is -0.466 e. The van der Waals surface area contributed by atoms with Crippen molar-refractivity contribution in [3.05, 3.63) is 29.8 Å². The summed E-state index contributed by atoms with van der Waals surface area (Å²) in [7, 11) is -1.86. The van der Waals surface area contributed by atoms with E-state index in [1.165, 1.54) is 0 Å². The molecule has 1 unspecified atom stereocenters. The molecule has 9 heteroatoms. The first-order valence-corrected chi connectivity index (χ1v) is 11.0. The third-order valence-corrected chi connectivity index (χ3v) is 6.06. The second-order valence-corrected chi connectivity index (χ2v) is 8.49. The van der Waals surface area contributed by atoms with E-state index in [9.17, 15) is 13.2 Å². The van der Waals surface area contributed by atoms with Gasteiger partial charge in [-0.3, -0.25) is 9.79 Å². The van der Waals surface area contributed by atoms with Gasteiger partial charge in [0.15, 0.2) is 5.96 Å². The number of rotatable bonds is 7. The molecule has 1 aliphatic heterocycles. The van der Waals surface area contributed by atoms with E-state index in [1.54, 1.807) is 38.2 Å². The second kappa shape index (κ2) is 10.4. The summed E-state index contributed by atoms with van der Waals surface area (Å²) >= 11 is 0. The first-order chi connectivity index (χ1) is 13.4. The zero-order chi connectivity index (χ0) is 20.6. The van der Waals surface area contributed by atoms with E-state index in [4.69, 9.17) is 4.74 Å². The number of benzene rings is 1. The van der Waals surface area contributed by atoms with Gasteiger partial charge in [0.2, 0.25) is 10.0 Å². The number of esters is 1. The Hall–Kier alpha value is -2.13. The fourth-order valence-corrected chi connectivity index (χ4v) is 4.15. The highest BCUT2D eigenvalue weighted by Gasteiger charge is 2.28. The van der Waals surface area contributed by atoms with Crippen LogP contribution in [-0.4, -0.2) is 65.1 Å². The Kier molecular flexibility index (Phi) is 8.25. The quantitative estimate of drug-likeness (QED) is 0.302. The topological polar surface area (TPSA) is 100 Å². The first kappa shape index (κ1) is 22.2. The summed E-state index contributed by atoms with van der Waals surface area (Å²) in [4.78, 5) is 18.5. The zero-order valence-electron chi connectivity index (χ0n) is 16.8. The van der Waals surface area contributed by atoms with Crippen LogP contribution < -0.4 is 10.0 Å². The van der Waals surface area contributed by atoms with E-state index in [2.05, 4.69) is 15.0 Å². The number of aliphatic imine (C=N–C) groups is 1. The van der Waals surface area contributed by atoms with E-state index in [-0.39, 0.29) is 23.3 Å². The van der Waals surface area contributed by atoms with Crippen LogP contribution in [0.15, 0.2) is 34.2 Å². The molecule has 0 radical (unpaired) electrons. The van der Waals surface area contributed by atoms with Gasteiger partial charge in [0, 0.05) is 33.2 Å². The molecule has 1 aliphatic rings. The number of hydrogen-bond acceptors (Lipinski definition) is 5. The molecule has 1 heterocycles. The van der Waals surface area contributed by atoms with E-state index in [0.29, 0.717) is 25.7 Å². The van der Waals surface area contributed by atoms with Crippen molar-refractivity contribution < 1.29 is 17.9 Å². The Morgan fingerprint density at radius 2 is 2.00 bits per heavy atom. The lowest BCUT2D eigenvalue weighted by molar-refractivity contribution is -0.149. The number of sulfonamides is 1. The molecule has 2 N–H and O–H groups in total. The fraction of sp³-hybridized carbons (Fsp3) is 0.579. The molecule has 0 aromatic heterocycles. The van der Waals surface area contributed by atoms with Crippen LogP contribution in [0.1, 0.15) is 25.3 Å². The maximum absolute atomic E-state index is 12.3. The average Bonchev–Trinajstić information content (AvgIpc) is 2.68. The number of ether oxygens (including phenoxy) is 1. The highest BCUT2D eigenvalue weighted by molar-refractivity contribution is 7.89. The molecular formula is C19H30N4O4S. The molecule has 8 nitrogen and oxygen atoms in total. The first-order valence-electron chi connectivity index (χ1n) is 9.56. The number of nitrogens with one attached hydrogen (secondary N) is 2. The Labute approximate surface area is 167 Å². The number of aryl methyl sites for hydroxylation is 1. The molecule has 0 saturated carbocycles. The highest BCUT2D eigenvalue weighted by Crippen LogP contribution is 2.18. The van der Waals surface area contributed by atoms with Crippen LogP contribution in [0, 0.1) is 12.8 Å². The van der Waals surface area contributed by atoms with Gasteiger partial charge in [-0.2, -0.15) is 0 Å². The predicted molar refractivity (Wildman–Crippen MR) is 109 cm³/mol. The van der Waals surface area contributed by atoms with Gasteiger partial charge in [-0.1, -0.05) is 17.7 Å². The minimum atomic E-state index is -3.54. The maximum atomic E-state index is 12.3. The van der Waals surface area contributed by atoms with Crippen LogP contribution in [-0.2, 0) is 19.6 Å². The lowest BCUT2D eigenvalue weighted by atomic mass is 9.98. The number of carbonyl (C=O) groups is 1. The molecule has 1 fully saturated rings. The Morgan fingerprint density at radius 1 is 1.29 bits per heavy atom. The normalized spacial score (nSPS) is 18.0. The van der Waals surface area contributed by atoms with E-state index in [0.717, 1.165) is 24.9 Å². The third-order valence-electron chi connectivity index (χ3n) is 4.58. The van der Waals surface area contributed by atoms with Crippen molar-refractivity contribution >= 4 is 22.0 Å². The number of carbonyl (C=O) groups excluding carboxylic acids is 1. The number of hydrogen-bond donors (Lipinski definition) is 2. The molecule has 0 bridgehead atoms. The lowest BCUT2D eigenvalue weighted by Gasteiger charge is -2.33. The molecule has 2 rings (SSSR count). The van der Waals surface area contributed by atoms with Gasteiger partial charge in [-0.05, 0) is 38.8 Å². The summed E-state index contributed by atoms with van der Waals surface area (Å²) in [6.45, 7) is 6.05. The number of nitrogens with zero attached hydrogens (tertiary/aromatic N) is 2. The molecule has 156 valence electrons. The van der Waals surface area contributed by atoms with E-state index in [1.807, 2.05) is 11.8 Å². The van der Waals surface area contributed by atoms with Crippen LogP contribution in [0.25, 0.3) is 0 Å². The summed E-state index contributed by atoms with van der Waals surface area (Å²) in [6.07, 6.45) is 1.69. The Balaban J connectivity index is 1.83.